The molecule has 138 valence electrons. The van der Waals surface area contributed by atoms with Gasteiger partial charge >= 0.3 is 9.05 Å². The molecule has 0 N–H and O–H groups in total. The van der Waals surface area contributed by atoms with Crippen LogP contribution in [0.15, 0.2) is 0 Å². The molecular formula is C15H31N2O4PSi2. The average Bonchev–Trinajstić information content (AvgIpc) is 2.57. The summed E-state index contributed by atoms with van der Waals surface area (Å²) >= 11 is 0. The van der Waals surface area contributed by atoms with Gasteiger partial charge in [-0.25, -0.2) is 0 Å². The number of rotatable bonds is 14. The molecule has 0 aliphatic rings. The summed E-state index contributed by atoms with van der Waals surface area (Å²) in [6, 6.07) is 4.30. The fourth-order valence-electron chi connectivity index (χ4n) is 1.71. The molecule has 2 unspecified atom stereocenters. The van der Waals surface area contributed by atoms with Gasteiger partial charge < -0.3 is 17.2 Å². The molecule has 0 fully saturated rings. The molecule has 24 heavy (non-hydrogen) atoms. The lowest BCUT2D eigenvalue weighted by Gasteiger charge is -2.35. The van der Waals surface area contributed by atoms with Gasteiger partial charge in [0, 0.05) is 45.5 Å². The molecule has 0 aromatic rings. The van der Waals surface area contributed by atoms with Crippen LogP contribution >= 0.6 is 8.15 Å². The molecule has 0 bridgehead atoms. The highest BCUT2D eigenvalue weighted by Gasteiger charge is 2.49. The van der Waals surface area contributed by atoms with Gasteiger partial charge in [-0.15, -0.1) is 0 Å². The van der Waals surface area contributed by atoms with Crippen molar-refractivity contribution in [3.63, 3.8) is 0 Å². The van der Waals surface area contributed by atoms with Crippen LogP contribution in [0.25, 0.3) is 0 Å². The lowest BCUT2D eigenvalue weighted by Crippen LogP contribution is -2.52. The molecule has 0 aliphatic carbocycles. The molecule has 0 saturated heterocycles. The van der Waals surface area contributed by atoms with Crippen molar-refractivity contribution >= 4 is 27.0 Å². The van der Waals surface area contributed by atoms with Crippen molar-refractivity contribution in [3.05, 3.63) is 0 Å². The molecular weight excluding hydrogens is 359 g/mol. The Morgan fingerprint density at radius 2 is 1.46 bits per heavy atom. The molecule has 2 atom stereocenters. The van der Waals surface area contributed by atoms with E-state index in [1.54, 1.807) is 0 Å². The van der Waals surface area contributed by atoms with Crippen LogP contribution in [0.5, 0.6) is 0 Å². The van der Waals surface area contributed by atoms with Crippen LogP contribution in [0.2, 0.25) is 6.55 Å². The topological polar surface area (TPSA) is 84.5 Å². The van der Waals surface area contributed by atoms with Crippen molar-refractivity contribution in [2.45, 2.75) is 72.1 Å². The Morgan fingerprint density at radius 1 is 1.00 bits per heavy atom. The Morgan fingerprint density at radius 3 is 1.79 bits per heavy atom. The molecule has 0 aliphatic heterocycles. The van der Waals surface area contributed by atoms with Crippen molar-refractivity contribution in [2.24, 2.45) is 0 Å². The van der Waals surface area contributed by atoms with E-state index in [0.717, 1.165) is 12.8 Å². The van der Waals surface area contributed by atoms with E-state index in [4.69, 9.17) is 27.7 Å². The number of hydrogen-bond donors (Lipinski definition) is 0. The molecule has 0 spiro atoms. The molecule has 9 heteroatoms. The van der Waals surface area contributed by atoms with E-state index in [2.05, 4.69) is 12.1 Å². The van der Waals surface area contributed by atoms with Gasteiger partial charge in [0.1, 0.15) is 0 Å². The van der Waals surface area contributed by atoms with E-state index in [0.29, 0.717) is 25.2 Å². The molecule has 0 aromatic heterocycles. The maximum atomic E-state index is 8.87. The summed E-state index contributed by atoms with van der Waals surface area (Å²) in [6.45, 7) is 10.1. The fraction of sp³-hybridized carbons (Fsp3) is 0.867. The van der Waals surface area contributed by atoms with Crippen LogP contribution in [-0.2, 0) is 17.2 Å². The molecule has 0 saturated carbocycles. The van der Waals surface area contributed by atoms with Gasteiger partial charge in [-0.05, 0) is 26.7 Å². The van der Waals surface area contributed by atoms with Gasteiger partial charge in [0.05, 0.1) is 12.1 Å². The van der Waals surface area contributed by atoms with E-state index in [1.165, 1.54) is 0 Å². The number of nitrogens with zero attached hydrogens (tertiary/aromatic N) is 2. The van der Waals surface area contributed by atoms with Crippen molar-refractivity contribution in [1.82, 2.24) is 0 Å². The molecule has 0 aromatic carbocycles. The SMILES string of the molecule is CCC(C)O[Si](O[SiH2]C)(OC(C)CC)OP(CCC#N)CCC#N. The molecule has 0 heterocycles. The Balaban J connectivity index is 5.32. The van der Waals surface area contributed by atoms with Crippen LogP contribution in [0.3, 0.4) is 0 Å². The van der Waals surface area contributed by atoms with E-state index in [9.17, 15) is 0 Å². The van der Waals surface area contributed by atoms with Crippen molar-refractivity contribution in [1.29, 1.82) is 10.5 Å². The maximum absolute atomic E-state index is 8.87. The zero-order chi connectivity index (χ0) is 18.4. The third kappa shape index (κ3) is 9.85. The van der Waals surface area contributed by atoms with E-state index in [1.807, 2.05) is 34.2 Å². The lowest BCUT2D eigenvalue weighted by atomic mass is 10.3. The minimum absolute atomic E-state index is 0.0231. The smallest absolute Gasteiger partial charge is 0.400 e. The van der Waals surface area contributed by atoms with Crippen molar-refractivity contribution in [2.75, 3.05) is 12.3 Å². The highest BCUT2D eigenvalue weighted by Crippen LogP contribution is 2.43. The zero-order valence-corrected chi connectivity index (χ0v) is 18.9. The maximum Gasteiger partial charge on any atom is 0.672 e. The van der Waals surface area contributed by atoms with Gasteiger partial charge in [-0.2, -0.15) is 10.5 Å². The first-order valence-electron chi connectivity index (χ1n) is 8.64. The summed E-state index contributed by atoms with van der Waals surface area (Å²) in [5, 5.41) is 17.7. The van der Waals surface area contributed by atoms with Crippen LogP contribution in [-0.4, -0.2) is 43.3 Å². The molecule has 0 rings (SSSR count). The normalized spacial score (nSPS) is 16.7. The van der Waals surface area contributed by atoms with Crippen LogP contribution < -0.4 is 0 Å². The molecule has 6 nitrogen and oxygen atoms in total. The summed E-state index contributed by atoms with van der Waals surface area (Å²) in [6.07, 6.45) is 3.66. The molecule has 0 radical (unpaired) electrons. The summed E-state index contributed by atoms with van der Waals surface area (Å²) in [7, 11) is -5.04. The second kappa shape index (κ2) is 13.9. The van der Waals surface area contributed by atoms with Gasteiger partial charge in [0.25, 0.3) is 0 Å². The minimum Gasteiger partial charge on any atom is -0.400 e. The predicted molar refractivity (Wildman–Crippen MR) is 101 cm³/mol. The Hall–Kier alpha value is -0.316. The van der Waals surface area contributed by atoms with E-state index < -0.39 is 27.0 Å². The van der Waals surface area contributed by atoms with Crippen molar-refractivity contribution < 1.29 is 17.2 Å². The van der Waals surface area contributed by atoms with Gasteiger partial charge in [-0.1, -0.05) is 20.4 Å². The van der Waals surface area contributed by atoms with Gasteiger partial charge in [-0.3, -0.25) is 0 Å². The highest BCUT2D eigenvalue weighted by molar-refractivity contribution is 7.54. The van der Waals surface area contributed by atoms with E-state index in [-0.39, 0.29) is 12.2 Å². The van der Waals surface area contributed by atoms with Gasteiger partial charge in [0.2, 0.25) is 0 Å². The third-order valence-corrected chi connectivity index (χ3v) is 10.7. The highest BCUT2D eigenvalue weighted by atomic mass is 31.1. The lowest BCUT2D eigenvalue weighted by molar-refractivity contribution is -0.00631. The second-order valence-corrected chi connectivity index (χ2v) is 11.2. The summed E-state index contributed by atoms with van der Waals surface area (Å²) in [5.41, 5.74) is 0. The standard InChI is InChI=1S/C15H31N2O4PSi2/c1-6-14(3)18-24(21-23-5,19-15(4)7-2)20-22(12-8-10-16)13-9-11-17/h14-15H,6-9,12-13,23H2,1-5H3. The predicted octanol–water partition coefficient (Wildman–Crippen LogP) is 3.44. The van der Waals surface area contributed by atoms with Crippen molar-refractivity contribution in [3.8, 4) is 12.1 Å². The first kappa shape index (κ1) is 23.7. The van der Waals surface area contributed by atoms with Crippen LogP contribution in [0.4, 0.5) is 0 Å². The largest absolute Gasteiger partial charge is 0.672 e. The number of nitriles is 2. The Labute approximate surface area is 151 Å². The average molecular weight is 391 g/mol. The fourth-order valence-corrected chi connectivity index (χ4v) is 8.99. The summed E-state index contributed by atoms with van der Waals surface area (Å²) in [4.78, 5) is 0. The number of hydrogen-bond acceptors (Lipinski definition) is 6. The summed E-state index contributed by atoms with van der Waals surface area (Å²) in [5.74, 6) is 0. The quantitative estimate of drug-likeness (QED) is 0.334. The zero-order valence-electron chi connectivity index (χ0n) is 15.6. The first-order valence-corrected chi connectivity index (χ1v) is 13.9. The molecule has 0 amide bonds. The Kier molecular flexibility index (Phi) is 13.7. The minimum atomic E-state index is -3.25. The van der Waals surface area contributed by atoms with Crippen LogP contribution in [0, 0.1) is 22.7 Å². The monoisotopic (exact) mass is 390 g/mol. The Bertz CT molecular complexity index is 387. The first-order chi connectivity index (χ1) is 11.5. The van der Waals surface area contributed by atoms with Crippen LogP contribution in [0.1, 0.15) is 53.4 Å². The summed E-state index contributed by atoms with van der Waals surface area (Å²) < 4.78 is 24.6. The van der Waals surface area contributed by atoms with E-state index >= 15 is 0 Å². The second-order valence-electron chi connectivity index (χ2n) is 5.44. The van der Waals surface area contributed by atoms with Gasteiger partial charge in [0.15, 0.2) is 9.76 Å². The third-order valence-electron chi connectivity index (χ3n) is 3.35.